The van der Waals surface area contributed by atoms with Crippen molar-refractivity contribution >= 4 is 0 Å². The van der Waals surface area contributed by atoms with Gasteiger partial charge in [0.05, 0.1) is 24.3 Å². The van der Waals surface area contributed by atoms with E-state index < -0.39 is 0 Å². The molecule has 1 rings (SSSR count). The van der Waals surface area contributed by atoms with Gasteiger partial charge in [-0.2, -0.15) is 5.26 Å². The Balaban J connectivity index is 2.55. The van der Waals surface area contributed by atoms with E-state index in [0.717, 1.165) is 12.0 Å². The summed E-state index contributed by atoms with van der Waals surface area (Å²) in [5.74, 6) is 0. The summed E-state index contributed by atoms with van der Waals surface area (Å²) in [7, 11) is 0. The van der Waals surface area contributed by atoms with Crippen molar-refractivity contribution in [1.82, 2.24) is 0 Å². The highest BCUT2D eigenvalue weighted by Gasteiger charge is 1.99. The van der Waals surface area contributed by atoms with E-state index in [1.54, 1.807) is 6.07 Å². The number of rotatable bonds is 4. The van der Waals surface area contributed by atoms with E-state index in [4.69, 9.17) is 10.00 Å². The first-order chi connectivity index (χ1) is 6.76. The van der Waals surface area contributed by atoms with Gasteiger partial charge in [-0.15, -0.1) is 0 Å². The highest BCUT2D eigenvalue weighted by Crippen LogP contribution is 2.07. The maximum absolute atomic E-state index is 8.69. The molecule has 1 atom stereocenters. The predicted molar refractivity (Wildman–Crippen MR) is 55.7 cm³/mol. The molecule has 14 heavy (non-hydrogen) atoms. The molecule has 0 aliphatic rings. The first-order valence-electron chi connectivity index (χ1n) is 4.87. The molecule has 2 nitrogen and oxygen atoms in total. The molecule has 0 saturated carbocycles. The third-order valence-corrected chi connectivity index (χ3v) is 2.17. The number of ether oxygens (including phenoxy) is 1. The Morgan fingerprint density at radius 2 is 2.29 bits per heavy atom. The van der Waals surface area contributed by atoms with Crippen molar-refractivity contribution in [3.8, 4) is 6.07 Å². The second-order valence-corrected chi connectivity index (χ2v) is 3.34. The van der Waals surface area contributed by atoms with Crippen LogP contribution in [0.5, 0.6) is 0 Å². The van der Waals surface area contributed by atoms with Gasteiger partial charge in [-0.05, 0) is 31.0 Å². The predicted octanol–water partition coefficient (Wildman–Crippen LogP) is 2.87. The fraction of sp³-hybridized carbons (Fsp3) is 0.417. The number of benzene rings is 1. The highest BCUT2D eigenvalue weighted by atomic mass is 16.5. The van der Waals surface area contributed by atoms with Crippen molar-refractivity contribution in [1.29, 1.82) is 5.26 Å². The summed E-state index contributed by atoms with van der Waals surface area (Å²) in [5.41, 5.74) is 1.75. The number of nitrogens with zero attached hydrogens (tertiary/aromatic N) is 1. The Labute approximate surface area is 85.1 Å². The van der Waals surface area contributed by atoms with E-state index in [1.807, 2.05) is 25.1 Å². The maximum Gasteiger partial charge on any atom is 0.0991 e. The van der Waals surface area contributed by atoms with E-state index in [-0.39, 0.29) is 6.10 Å². The van der Waals surface area contributed by atoms with E-state index in [9.17, 15) is 0 Å². The van der Waals surface area contributed by atoms with Crippen molar-refractivity contribution in [2.75, 3.05) is 0 Å². The van der Waals surface area contributed by atoms with Crippen LogP contribution in [0.15, 0.2) is 24.3 Å². The topological polar surface area (TPSA) is 33.0 Å². The largest absolute Gasteiger partial charge is 0.374 e. The van der Waals surface area contributed by atoms with Gasteiger partial charge in [0.1, 0.15) is 0 Å². The third kappa shape index (κ3) is 3.20. The van der Waals surface area contributed by atoms with E-state index >= 15 is 0 Å². The molecule has 0 radical (unpaired) electrons. The minimum absolute atomic E-state index is 0.278. The number of hydrogen-bond donors (Lipinski definition) is 0. The minimum Gasteiger partial charge on any atom is -0.374 e. The molecule has 0 heterocycles. The van der Waals surface area contributed by atoms with E-state index in [1.165, 1.54) is 0 Å². The Bertz CT molecular complexity index is 327. The van der Waals surface area contributed by atoms with E-state index in [0.29, 0.717) is 12.2 Å². The minimum atomic E-state index is 0.278. The zero-order chi connectivity index (χ0) is 10.4. The monoisotopic (exact) mass is 189 g/mol. The van der Waals surface area contributed by atoms with Crippen LogP contribution in [0.25, 0.3) is 0 Å². The molecule has 1 aromatic rings. The number of hydrogen-bond acceptors (Lipinski definition) is 2. The summed E-state index contributed by atoms with van der Waals surface area (Å²) in [4.78, 5) is 0. The molecule has 74 valence electrons. The SMILES string of the molecule is CCC(C)OCc1cccc(C#N)c1. The van der Waals surface area contributed by atoms with Gasteiger partial charge < -0.3 is 4.74 Å². The fourth-order valence-corrected chi connectivity index (χ4v) is 1.09. The molecule has 0 fully saturated rings. The van der Waals surface area contributed by atoms with Crippen molar-refractivity contribution in [3.63, 3.8) is 0 Å². The van der Waals surface area contributed by atoms with Crippen LogP contribution >= 0.6 is 0 Å². The molecule has 0 aliphatic heterocycles. The molecule has 0 N–H and O–H groups in total. The lowest BCUT2D eigenvalue weighted by molar-refractivity contribution is 0.0508. The second kappa shape index (κ2) is 5.41. The van der Waals surface area contributed by atoms with Gasteiger partial charge in [0, 0.05) is 0 Å². The van der Waals surface area contributed by atoms with Crippen LogP contribution in [0.1, 0.15) is 31.4 Å². The first-order valence-corrected chi connectivity index (χ1v) is 4.87. The van der Waals surface area contributed by atoms with Gasteiger partial charge in [0.2, 0.25) is 0 Å². The lowest BCUT2D eigenvalue weighted by Gasteiger charge is -2.10. The summed E-state index contributed by atoms with van der Waals surface area (Å²) in [6.07, 6.45) is 1.29. The molecular weight excluding hydrogens is 174 g/mol. The normalized spacial score (nSPS) is 12.1. The molecule has 0 aromatic heterocycles. The van der Waals surface area contributed by atoms with Crippen LogP contribution in [0.4, 0.5) is 0 Å². The molecule has 0 spiro atoms. The summed E-state index contributed by atoms with van der Waals surface area (Å²) in [6.45, 7) is 4.73. The zero-order valence-corrected chi connectivity index (χ0v) is 8.66. The van der Waals surface area contributed by atoms with Crippen LogP contribution < -0.4 is 0 Å². The Morgan fingerprint density at radius 1 is 1.50 bits per heavy atom. The van der Waals surface area contributed by atoms with Crippen LogP contribution in [0.2, 0.25) is 0 Å². The average Bonchev–Trinajstić information content (AvgIpc) is 2.26. The van der Waals surface area contributed by atoms with Gasteiger partial charge in [0.15, 0.2) is 0 Å². The first kappa shape index (κ1) is 10.7. The Kier molecular flexibility index (Phi) is 4.15. The van der Waals surface area contributed by atoms with Crippen molar-refractivity contribution < 1.29 is 4.74 Å². The van der Waals surface area contributed by atoms with Gasteiger partial charge >= 0.3 is 0 Å². The maximum atomic E-state index is 8.69. The molecule has 1 aromatic carbocycles. The van der Waals surface area contributed by atoms with Crippen LogP contribution in [-0.2, 0) is 11.3 Å². The zero-order valence-electron chi connectivity index (χ0n) is 8.66. The van der Waals surface area contributed by atoms with Crippen LogP contribution in [0.3, 0.4) is 0 Å². The highest BCUT2D eigenvalue weighted by molar-refractivity contribution is 5.32. The summed E-state index contributed by atoms with van der Waals surface area (Å²) < 4.78 is 5.57. The van der Waals surface area contributed by atoms with Gasteiger partial charge in [0.25, 0.3) is 0 Å². The smallest absolute Gasteiger partial charge is 0.0991 e. The van der Waals surface area contributed by atoms with Gasteiger partial charge in [-0.25, -0.2) is 0 Å². The molecule has 1 unspecified atom stereocenters. The molecule has 0 bridgehead atoms. The standard InChI is InChI=1S/C12H15NO/c1-3-10(2)14-9-12-6-4-5-11(7-12)8-13/h4-7,10H,3,9H2,1-2H3. The molecule has 0 amide bonds. The summed E-state index contributed by atoms with van der Waals surface area (Å²) >= 11 is 0. The van der Waals surface area contributed by atoms with Crippen molar-refractivity contribution in [2.45, 2.75) is 33.0 Å². The third-order valence-electron chi connectivity index (χ3n) is 2.17. The fourth-order valence-electron chi connectivity index (χ4n) is 1.09. The van der Waals surface area contributed by atoms with E-state index in [2.05, 4.69) is 13.0 Å². The van der Waals surface area contributed by atoms with Crippen LogP contribution in [-0.4, -0.2) is 6.10 Å². The van der Waals surface area contributed by atoms with Crippen molar-refractivity contribution in [2.24, 2.45) is 0 Å². The molecule has 0 saturated heterocycles. The lowest BCUT2D eigenvalue weighted by Crippen LogP contribution is -2.05. The van der Waals surface area contributed by atoms with Gasteiger partial charge in [-0.1, -0.05) is 19.1 Å². The lowest BCUT2D eigenvalue weighted by atomic mass is 10.1. The number of nitriles is 1. The average molecular weight is 189 g/mol. The van der Waals surface area contributed by atoms with Gasteiger partial charge in [-0.3, -0.25) is 0 Å². The second-order valence-electron chi connectivity index (χ2n) is 3.34. The van der Waals surface area contributed by atoms with Crippen LogP contribution in [0, 0.1) is 11.3 Å². The molecule has 0 aliphatic carbocycles. The van der Waals surface area contributed by atoms with Crippen molar-refractivity contribution in [3.05, 3.63) is 35.4 Å². The summed E-state index contributed by atoms with van der Waals surface area (Å²) in [6, 6.07) is 9.63. The Morgan fingerprint density at radius 3 is 2.93 bits per heavy atom. The molecule has 2 heteroatoms. The Hall–Kier alpha value is -1.33. The summed E-state index contributed by atoms with van der Waals surface area (Å²) in [5, 5.41) is 8.69. The quantitative estimate of drug-likeness (QED) is 0.729. The molecular formula is C12H15NO.